The molecular formula is C10H24OSi. The quantitative estimate of drug-likeness (QED) is 0.448. The molecule has 0 bridgehead atoms. The molecule has 0 saturated heterocycles. The van der Waals surface area contributed by atoms with Gasteiger partial charge in [0.2, 0.25) is 0 Å². The molecule has 2 N–H and O–H groups in total. The summed E-state index contributed by atoms with van der Waals surface area (Å²) in [7, 11) is -0.150. The van der Waals surface area contributed by atoms with E-state index in [1.165, 1.54) is 31.7 Å². The van der Waals surface area contributed by atoms with Crippen LogP contribution in [0, 0.1) is 0 Å². The molecule has 0 unspecified atom stereocenters. The minimum atomic E-state index is -0.150. The maximum atomic E-state index is 2.36. The van der Waals surface area contributed by atoms with E-state index in [0.717, 1.165) is 0 Å². The molecule has 0 aliphatic heterocycles. The van der Waals surface area contributed by atoms with Crippen LogP contribution in [0.4, 0.5) is 0 Å². The molecule has 0 aromatic rings. The molecule has 0 amide bonds. The van der Waals surface area contributed by atoms with Crippen molar-refractivity contribution in [2.45, 2.75) is 51.7 Å². The largest absolute Gasteiger partial charge is 0.412 e. The monoisotopic (exact) mass is 188 g/mol. The van der Waals surface area contributed by atoms with Crippen LogP contribution in [0.15, 0.2) is 12.2 Å². The SMILES string of the molecule is C1=CCCCC1.CC[SiH](C)C.O. The van der Waals surface area contributed by atoms with E-state index in [0.29, 0.717) is 0 Å². The summed E-state index contributed by atoms with van der Waals surface area (Å²) in [5.74, 6) is 0. The highest BCUT2D eigenvalue weighted by Crippen LogP contribution is 2.07. The van der Waals surface area contributed by atoms with E-state index < -0.39 is 0 Å². The second-order valence-electron chi connectivity index (χ2n) is 3.56. The van der Waals surface area contributed by atoms with Gasteiger partial charge in [0.1, 0.15) is 0 Å². The summed E-state index contributed by atoms with van der Waals surface area (Å²) >= 11 is 0. The maximum absolute atomic E-state index is 2.36. The summed E-state index contributed by atoms with van der Waals surface area (Å²) in [5, 5.41) is 0. The lowest BCUT2D eigenvalue weighted by Crippen LogP contribution is -1.92. The molecular weight excluding hydrogens is 164 g/mol. The molecule has 12 heavy (non-hydrogen) atoms. The average molecular weight is 188 g/mol. The molecule has 1 nitrogen and oxygen atoms in total. The van der Waals surface area contributed by atoms with Crippen molar-refractivity contribution < 1.29 is 5.48 Å². The van der Waals surface area contributed by atoms with E-state index in [1.807, 2.05) is 0 Å². The zero-order valence-corrected chi connectivity index (χ0v) is 9.92. The fourth-order valence-corrected chi connectivity index (χ4v) is 0.760. The Morgan fingerprint density at radius 1 is 1.08 bits per heavy atom. The van der Waals surface area contributed by atoms with E-state index in [4.69, 9.17) is 0 Å². The second-order valence-corrected chi connectivity index (χ2v) is 7.16. The fourth-order valence-electron chi connectivity index (χ4n) is 0.760. The fraction of sp³-hybridized carbons (Fsp3) is 0.800. The van der Waals surface area contributed by atoms with Crippen molar-refractivity contribution in [3.05, 3.63) is 12.2 Å². The van der Waals surface area contributed by atoms with Crippen LogP contribution in [-0.4, -0.2) is 14.3 Å². The molecule has 0 radical (unpaired) electrons. The lowest BCUT2D eigenvalue weighted by Gasteiger charge is -1.97. The van der Waals surface area contributed by atoms with Gasteiger partial charge in [-0.3, -0.25) is 0 Å². The number of allylic oxidation sites excluding steroid dienone is 2. The first kappa shape index (κ1) is 14.4. The van der Waals surface area contributed by atoms with E-state index in [-0.39, 0.29) is 14.3 Å². The van der Waals surface area contributed by atoms with E-state index in [2.05, 4.69) is 32.2 Å². The molecule has 74 valence electrons. The predicted molar refractivity (Wildman–Crippen MR) is 60.6 cm³/mol. The molecule has 0 aromatic carbocycles. The Kier molecular flexibility index (Phi) is 13.1. The number of hydrogen-bond acceptors (Lipinski definition) is 0. The molecule has 1 rings (SSSR count). The molecule has 0 heterocycles. The maximum Gasteiger partial charge on any atom is 0.0302 e. The normalized spacial score (nSPS) is 14.7. The van der Waals surface area contributed by atoms with E-state index in [9.17, 15) is 0 Å². The highest BCUT2D eigenvalue weighted by Gasteiger charge is 1.87. The van der Waals surface area contributed by atoms with Gasteiger partial charge in [-0.05, 0) is 25.7 Å². The van der Waals surface area contributed by atoms with Crippen molar-refractivity contribution in [1.82, 2.24) is 0 Å². The Hall–Kier alpha value is -0.0831. The summed E-state index contributed by atoms with van der Waals surface area (Å²) in [6, 6.07) is 1.44. The first-order valence-electron chi connectivity index (χ1n) is 4.92. The summed E-state index contributed by atoms with van der Waals surface area (Å²) < 4.78 is 0. The van der Waals surface area contributed by atoms with Gasteiger partial charge in [-0.2, -0.15) is 0 Å². The van der Waals surface area contributed by atoms with Crippen LogP contribution in [-0.2, 0) is 0 Å². The first-order valence-corrected chi connectivity index (χ1v) is 8.05. The minimum absolute atomic E-state index is 0. The van der Waals surface area contributed by atoms with Crippen LogP contribution in [0.25, 0.3) is 0 Å². The van der Waals surface area contributed by atoms with Crippen LogP contribution in [0.1, 0.15) is 32.6 Å². The summed E-state index contributed by atoms with van der Waals surface area (Å²) in [6.45, 7) is 6.98. The first-order chi connectivity index (χ1) is 5.27. The summed E-state index contributed by atoms with van der Waals surface area (Å²) in [6.07, 6.45) is 10.0. The third-order valence-electron chi connectivity index (χ3n) is 1.97. The van der Waals surface area contributed by atoms with Crippen molar-refractivity contribution in [3.63, 3.8) is 0 Å². The highest BCUT2D eigenvalue weighted by atomic mass is 28.3. The van der Waals surface area contributed by atoms with Gasteiger partial charge in [-0.25, -0.2) is 0 Å². The lowest BCUT2D eigenvalue weighted by atomic mass is 10.1. The lowest BCUT2D eigenvalue weighted by molar-refractivity contribution is 0.730. The number of rotatable bonds is 1. The minimum Gasteiger partial charge on any atom is -0.412 e. The van der Waals surface area contributed by atoms with Crippen LogP contribution in [0.5, 0.6) is 0 Å². The third-order valence-corrected chi connectivity index (χ3v) is 3.61. The van der Waals surface area contributed by atoms with Crippen molar-refractivity contribution in [2.24, 2.45) is 0 Å². The molecule has 0 atom stereocenters. The molecule has 0 fully saturated rings. The Morgan fingerprint density at radius 2 is 1.42 bits per heavy atom. The van der Waals surface area contributed by atoms with Gasteiger partial charge in [0, 0.05) is 8.80 Å². The van der Waals surface area contributed by atoms with Crippen molar-refractivity contribution in [1.29, 1.82) is 0 Å². The van der Waals surface area contributed by atoms with Crippen molar-refractivity contribution >= 4 is 8.80 Å². The Bertz CT molecular complexity index is 92.0. The van der Waals surface area contributed by atoms with Gasteiger partial charge in [-0.15, -0.1) is 0 Å². The van der Waals surface area contributed by atoms with Gasteiger partial charge >= 0.3 is 0 Å². The molecule has 0 saturated carbocycles. The van der Waals surface area contributed by atoms with Crippen LogP contribution in [0.3, 0.4) is 0 Å². The Morgan fingerprint density at radius 3 is 1.50 bits per heavy atom. The molecule has 2 heteroatoms. The average Bonchev–Trinajstić information content (AvgIpc) is 2.09. The summed E-state index contributed by atoms with van der Waals surface area (Å²) in [5.41, 5.74) is 0. The topological polar surface area (TPSA) is 31.5 Å². The second kappa shape index (κ2) is 10.9. The van der Waals surface area contributed by atoms with Gasteiger partial charge in [0.25, 0.3) is 0 Å². The molecule has 1 aliphatic rings. The van der Waals surface area contributed by atoms with Crippen LogP contribution < -0.4 is 0 Å². The zero-order chi connectivity index (χ0) is 8.53. The molecule has 0 aromatic heterocycles. The van der Waals surface area contributed by atoms with Crippen molar-refractivity contribution in [2.75, 3.05) is 0 Å². The standard InChI is InChI=1S/C6H10.C4H12Si.H2O/c1-2-4-6-5-3-1;1-4-5(2)3;/h1-2H,3-6H2;5H,4H2,1-3H3;1H2. The molecule has 0 spiro atoms. The predicted octanol–water partition coefficient (Wildman–Crippen LogP) is 2.78. The smallest absolute Gasteiger partial charge is 0.0302 e. The van der Waals surface area contributed by atoms with E-state index >= 15 is 0 Å². The summed E-state index contributed by atoms with van der Waals surface area (Å²) in [4.78, 5) is 0. The van der Waals surface area contributed by atoms with Gasteiger partial charge in [-0.1, -0.05) is 38.2 Å². The van der Waals surface area contributed by atoms with Gasteiger partial charge < -0.3 is 5.48 Å². The van der Waals surface area contributed by atoms with E-state index in [1.54, 1.807) is 0 Å². The Labute approximate surface area is 78.8 Å². The third kappa shape index (κ3) is 12.6. The number of hydrogen-bond donors (Lipinski definition) is 0. The molecule has 1 aliphatic carbocycles. The highest BCUT2D eigenvalue weighted by molar-refractivity contribution is 6.55. The van der Waals surface area contributed by atoms with Gasteiger partial charge in [0.05, 0.1) is 0 Å². The van der Waals surface area contributed by atoms with Crippen LogP contribution in [0.2, 0.25) is 19.1 Å². The zero-order valence-electron chi connectivity index (χ0n) is 8.77. The van der Waals surface area contributed by atoms with Crippen LogP contribution >= 0.6 is 0 Å². The van der Waals surface area contributed by atoms with Crippen molar-refractivity contribution in [3.8, 4) is 0 Å². The van der Waals surface area contributed by atoms with Gasteiger partial charge in [0.15, 0.2) is 0 Å². The Balaban J connectivity index is 0.